The standard InChI is InChI=1S/C16H24N4O2S/c1-17-7-2-10-23-20-8-5-13(6-9-20)18-16(21)14-11-15(22-19-14)12-3-4-12/h2,10-13,17H,3-9H2,1H3,(H,18,21)/b10-2+. The molecule has 2 N–H and O–H groups in total. The summed E-state index contributed by atoms with van der Waals surface area (Å²) in [4.78, 5) is 12.2. The Balaban J connectivity index is 1.40. The lowest BCUT2D eigenvalue weighted by Crippen LogP contribution is -2.42. The van der Waals surface area contributed by atoms with Crippen LogP contribution in [0.1, 0.15) is 47.8 Å². The summed E-state index contributed by atoms with van der Waals surface area (Å²) in [5.74, 6) is 1.23. The minimum atomic E-state index is -0.110. The normalized spacial score (nSPS) is 20.2. The van der Waals surface area contributed by atoms with Gasteiger partial charge in [-0.1, -0.05) is 23.2 Å². The fourth-order valence-corrected chi connectivity index (χ4v) is 3.39. The lowest BCUT2D eigenvalue weighted by atomic mass is 10.1. The lowest BCUT2D eigenvalue weighted by molar-refractivity contribution is 0.0915. The lowest BCUT2D eigenvalue weighted by Gasteiger charge is -2.30. The first kappa shape index (κ1) is 16.5. The van der Waals surface area contributed by atoms with Gasteiger partial charge in [-0.05, 0) is 38.1 Å². The van der Waals surface area contributed by atoms with Crippen molar-refractivity contribution in [2.75, 3.05) is 26.7 Å². The number of hydrogen-bond donors (Lipinski definition) is 2. The monoisotopic (exact) mass is 336 g/mol. The minimum absolute atomic E-state index is 0.110. The highest BCUT2D eigenvalue weighted by Gasteiger charge is 2.29. The van der Waals surface area contributed by atoms with E-state index in [1.807, 2.05) is 7.05 Å². The van der Waals surface area contributed by atoms with Gasteiger partial charge in [0.1, 0.15) is 5.76 Å². The van der Waals surface area contributed by atoms with E-state index in [0.717, 1.165) is 51.1 Å². The predicted octanol–water partition coefficient (Wildman–Crippen LogP) is 2.13. The van der Waals surface area contributed by atoms with Crippen LogP contribution in [0.4, 0.5) is 0 Å². The van der Waals surface area contributed by atoms with Gasteiger partial charge in [0.2, 0.25) is 0 Å². The molecule has 0 aromatic carbocycles. The summed E-state index contributed by atoms with van der Waals surface area (Å²) < 4.78 is 7.57. The maximum absolute atomic E-state index is 12.2. The Morgan fingerprint density at radius 1 is 1.43 bits per heavy atom. The van der Waals surface area contributed by atoms with E-state index in [1.54, 1.807) is 18.0 Å². The molecule has 1 aliphatic heterocycles. The van der Waals surface area contributed by atoms with Crippen molar-refractivity contribution in [3.63, 3.8) is 0 Å². The third-order valence-electron chi connectivity index (χ3n) is 4.16. The second-order valence-corrected chi connectivity index (χ2v) is 7.10. The van der Waals surface area contributed by atoms with Gasteiger partial charge in [0.05, 0.1) is 0 Å². The number of hydrogen-bond acceptors (Lipinski definition) is 6. The van der Waals surface area contributed by atoms with Crippen molar-refractivity contribution < 1.29 is 9.32 Å². The maximum Gasteiger partial charge on any atom is 0.273 e. The van der Waals surface area contributed by atoms with Gasteiger partial charge in [0.25, 0.3) is 5.91 Å². The van der Waals surface area contributed by atoms with Crippen molar-refractivity contribution in [2.45, 2.75) is 37.6 Å². The molecule has 126 valence electrons. The molecule has 1 aromatic rings. The van der Waals surface area contributed by atoms with Crippen molar-refractivity contribution in [2.24, 2.45) is 0 Å². The van der Waals surface area contributed by atoms with Crippen molar-refractivity contribution in [1.82, 2.24) is 20.1 Å². The Hall–Kier alpha value is -1.31. The number of carbonyl (C=O) groups is 1. The SMILES string of the molecule is CNC/C=C/SN1CCC(NC(=O)c2cc(C3CC3)on2)CC1. The quantitative estimate of drug-likeness (QED) is 0.743. The number of aromatic nitrogens is 1. The number of likely N-dealkylation sites (N-methyl/N-ethyl adjacent to an activating group) is 1. The first-order valence-corrected chi connectivity index (χ1v) is 9.08. The van der Waals surface area contributed by atoms with Gasteiger partial charge in [-0.3, -0.25) is 4.79 Å². The average Bonchev–Trinajstić information content (AvgIpc) is 3.30. The third-order valence-corrected chi connectivity index (χ3v) is 5.14. The number of rotatable bonds is 7. The summed E-state index contributed by atoms with van der Waals surface area (Å²) in [6.07, 6.45) is 6.34. The van der Waals surface area contributed by atoms with Crippen molar-refractivity contribution >= 4 is 17.9 Å². The summed E-state index contributed by atoms with van der Waals surface area (Å²) in [7, 11) is 1.94. The number of carbonyl (C=O) groups excluding carboxylic acids is 1. The Morgan fingerprint density at radius 2 is 2.22 bits per heavy atom. The molecule has 0 bridgehead atoms. The molecule has 0 spiro atoms. The van der Waals surface area contributed by atoms with Gasteiger partial charge in [-0.2, -0.15) is 0 Å². The molecule has 1 saturated heterocycles. The highest BCUT2D eigenvalue weighted by atomic mass is 32.2. The van der Waals surface area contributed by atoms with Gasteiger partial charge >= 0.3 is 0 Å². The number of amides is 1. The van der Waals surface area contributed by atoms with Crippen molar-refractivity contribution in [1.29, 1.82) is 0 Å². The van der Waals surface area contributed by atoms with E-state index in [-0.39, 0.29) is 11.9 Å². The van der Waals surface area contributed by atoms with E-state index in [9.17, 15) is 4.79 Å². The summed E-state index contributed by atoms with van der Waals surface area (Å²) in [6.45, 7) is 2.84. The van der Waals surface area contributed by atoms with Gasteiger partial charge in [0, 0.05) is 37.7 Å². The highest BCUT2D eigenvalue weighted by molar-refractivity contribution is 7.99. The van der Waals surface area contributed by atoms with Crippen LogP contribution in [0.25, 0.3) is 0 Å². The number of nitrogens with zero attached hydrogens (tertiary/aromatic N) is 2. The van der Waals surface area contributed by atoms with Crippen molar-refractivity contribution in [3.8, 4) is 0 Å². The van der Waals surface area contributed by atoms with Crippen LogP contribution in [0, 0.1) is 0 Å². The second-order valence-electron chi connectivity index (χ2n) is 6.10. The first-order chi connectivity index (χ1) is 11.3. The smallest absolute Gasteiger partial charge is 0.273 e. The van der Waals surface area contributed by atoms with Gasteiger partial charge in [0.15, 0.2) is 5.69 Å². The largest absolute Gasteiger partial charge is 0.360 e. The summed E-state index contributed by atoms with van der Waals surface area (Å²) in [5.41, 5.74) is 0.415. The molecule has 6 nitrogen and oxygen atoms in total. The van der Waals surface area contributed by atoms with Crippen LogP contribution >= 0.6 is 11.9 Å². The zero-order valence-electron chi connectivity index (χ0n) is 13.5. The molecule has 2 heterocycles. The molecule has 1 aliphatic carbocycles. The van der Waals surface area contributed by atoms with Crippen LogP contribution in [0.15, 0.2) is 22.1 Å². The van der Waals surface area contributed by atoms with Crippen LogP contribution < -0.4 is 10.6 Å². The summed E-state index contributed by atoms with van der Waals surface area (Å²) in [6, 6.07) is 2.02. The Morgan fingerprint density at radius 3 is 2.91 bits per heavy atom. The first-order valence-electron chi connectivity index (χ1n) is 8.25. The molecular weight excluding hydrogens is 312 g/mol. The van der Waals surface area contributed by atoms with Gasteiger partial charge in [-0.25, -0.2) is 4.31 Å². The zero-order valence-corrected chi connectivity index (χ0v) is 14.3. The Bertz CT molecular complexity index is 548. The Kier molecular flexibility index (Phi) is 5.75. The number of nitrogens with one attached hydrogen (secondary N) is 2. The van der Waals surface area contributed by atoms with Crippen LogP contribution in [-0.4, -0.2) is 48.1 Å². The molecule has 1 amide bonds. The molecule has 0 unspecified atom stereocenters. The van der Waals surface area contributed by atoms with Gasteiger partial charge in [-0.15, -0.1) is 0 Å². The van der Waals surface area contributed by atoms with Gasteiger partial charge < -0.3 is 15.2 Å². The fraction of sp³-hybridized carbons (Fsp3) is 0.625. The average molecular weight is 336 g/mol. The number of piperidine rings is 1. The van der Waals surface area contributed by atoms with Crippen LogP contribution in [-0.2, 0) is 0 Å². The maximum atomic E-state index is 12.2. The predicted molar refractivity (Wildman–Crippen MR) is 91.2 cm³/mol. The molecule has 3 rings (SSSR count). The van der Waals surface area contributed by atoms with E-state index in [2.05, 4.69) is 31.6 Å². The van der Waals surface area contributed by atoms with E-state index >= 15 is 0 Å². The van der Waals surface area contributed by atoms with Crippen LogP contribution in [0.5, 0.6) is 0 Å². The molecule has 23 heavy (non-hydrogen) atoms. The molecule has 7 heteroatoms. The Labute approximate surface area is 141 Å². The summed E-state index contributed by atoms with van der Waals surface area (Å²) >= 11 is 1.74. The zero-order chi connectivity index (χ0) is 16.1. The molecule has 2 fully saturated rings. The van der Waals surface area contributed by atoms with E-state index < -0.39 is 0 Å². The molecule has 0 atom stereocenters. The second kappa shape index (κ2) is 7.99. The molecular formula is C16H24N4O2S. The molecule has 1 aromatic heterocycles. The van der Waals surface area contributed by atoms with E-state index in [1.165, 1.54) is 0 Å². The van der Waals surface area contributed by atoms with Crippen LogP contribution in [0.3, 0.4) is 0 Å². The van der Waals surface area contributed by atoms with E-state index in [4.69, 9.17) is 4.52 Å². The molecule has 0 radical (unpaired) electrons. The topological polar surface area (TPSA) is 70.4 Å². The van der Waals surface area contributed by atoms with Crippen LogP contribution in [0.2, 0.25) is 0 Å². The molecule has 1 saturated carbocycles. The summed E-state index contributed by atoms with van der Waals surface area (Å²) in [5, 5.41) is 12.2. The highest BCUT2D eigenvalue weighted by Crippen LogP contribution is 2.40. The minimum Gasteiger partial charge on any atom is -0.360 e. The third kappa shape index (κ3) is 4.83. The molecule has 2 aliphatic rings. The van der Waals surface area contributed by atoms with Crippen molar-refractivity contribution in [3.05, 3.63) is 29.0 Å². The van der Waals surface area contributed by atoms with E-state index in [0.29, 0.717) is 11.6 Å². The fourth-order valence-electron chi connectivity index (χ4n) is 2.62.